The SMILES string of the molecule is Cc1ccc(-c2nn(C)cc2C)cc1.NS(=O)[O-]. The molecule has 0 saturated carbocycles. The van der Waals surface area contributed by atoms with Crippen molar-refractivity contribution in [3.63, 3.8) is 0 Å². The van der Waals surface area contributed by atoms with Crippen LogP contribution in [0.25, 0.3) is 11.3 Å². The van der Waals surface area contributed by atoms with Gasteiger partial charge in [0.05, 0.1) is 5.69 Å². The van der Waals surface area contributed by atoms with Crippen LogP contribution in [0, 0.1) is 13.8 Å². The van der Waals surface area contributed by atoms with Crippen molar-refractivity contribution in [3.8, 4) is 11.3 Å². The van der Waals surface area contributed by atoms with Crippen LogP contribution in [-0.2, 0) is 18.3 Å². The first-order valence-electron chi connectivity index (χ1n) is 5.31. The molecule has 0 aliphatic heterocycles. The highest BCUT2D eigenvalue weighted by Gasteiger charge is 2.04. The van der Waals surface area contributed by atoms with Crippen molar-refractivity contribution in [1.29, 1.82) is 0 Å². The zero-order valence-corrected chi connectivity index (χ0v) is 11.4. The number of benzene rings is 1. The fourth-order valence-electron chi connectivity index (χ4n) is 1.60. The van der Waals surface area contributed by atoms with Gasteiger partial charge in [0, 0.05) is 30.1 Å². The summed E-state index contributed by atoms with van der Waals surface area (Å²) in [5, 5.41) is 8.45. The van der Waals surface area contributed by atoms with E-state index < -0.39 is 11.3 Å². The van der Waals surface area contributed by atoms with Crippen molar-refractivity contribution in [2.24, 2.45) is 12.2 Å². The predicted octanol–water partition coefficient (Wildman–Crippen LogP) is 1.44. The van der Waals surface area contributed by atoms with E-state index >= 15 is 0 Å². The Morgan fingerprint density at radius 1 is 1.28 bits per heavy atom. The second-order valence-corrected chi connectivity index (χ2v) is 4.48. The fraction of sp³-hybridized carbons (Fsp3) is 0.250. The van der Waals surface area contributed by atoms with E-state index in [-0.39, 0.29) is 0 Å². The Morgan fingerprint density at radius 2 is 1.78 bits per heavy atom. The van der Waals surface area contributed by atoms with Gasteiger partial charge in [-0.1, -0.05) is 29.8 Å². The quantitative estimate of drug-likeness (QED) is 0.793. The molecule has 0 spiro atoms. The maximum Gasteiger partial charge on any atom is 0.0952 e. The van der Waals surface area contributed by atoms with E-state index in [4.69, 9.17) is 8.76 Å². The molecule has 0 amide bonds. The van der Waals surface area contributed by atoms with Gasteiger partial charge in [-0.05, 0) is 19.4 Å². The highest BCUT2D eigenvalue weighted by molar-refractivity contribution is 7.76. The smallest absolute Gasteiger partial charge is 0.0952 e. The molecule has 2 rings (SSSR count). The Balaban J connectivity index is 0.000000357. The van der Waals surface area contributed by atoms with Crippen molar-refractivity contribution >= 4 is 11.3 Å². The summed E-state index contributed by atoms with van der Waals surface area (Å²) < 4.78 is 19.4. The predicted molar refractivity (Wildman–Crippen MR) is 71.2 cm³/mol. The van der Waals surface area contributed by atoms with Gasteiger partial charge in [0.1, 0.15) is 0 Å². The summed E-state index contributed by atoms with van der Waals surface area (Å²) in [6.07, 6.45) is 2.04. The lowest BCUT2D eigenvalue weighted by Gasteiger charge is -1.98. The first-order valence-corrected chi connectivity index (χ1v) is 6.45. The molecule has 1 atom stereocenters. The van der Waals surface area contributed by atoms with Crippen molar-refractivity contribution in [2.45, 2.75) is 13.8 Å². The Morgan fingerprint density at radius 3 is 2.17 bits per heavy atom. The monoisotopic (exact) mass is 266 g/mol. The van der Waals surface area contributed by atoms with Gasteiger partial charge in [-0.3, -0.25) is 14.0 Å². The van der Waals surface area contributed by atoms with Gasteiger partial charge in [0.2, 0.25) is 0 Å². The normalized spacial score (nSPS) is 11.6. The summed E-state index contributed by atoms with van der Waals surface area (Å²) in [5.74, 6) is 0. The molecule has 18 heavy (non-hydrogen) atoms. The average molecular weight is 266 g/mol. The number of aromatic nitrogens is 2. The van der Waals surface area contributed by atoms with Gasteiger partial charge >= 0.3 is 0 Å². The number of nitrogens with two attached hydrogens (primary N) is 1. The molecular formula is C12H16N3O2S-. The molecule has 98 valence electrons. The minimum Gasteiger partial charge on any atom is -0.760 e. The number of hydrogen-bond donors (Lipinski definition) is 1. The third-order valence-corrected chi connectivity index (χ3v) is 2.34. The second-order valence-electron chi connectivity index (χ2n) is 3.96. The zero-order chi connectivity index (χ0) is 13.7. The molecule has 6 heteroatoms. The third-order valence-electron chi connectivity index (χ3n) is 2.34. The molecule has 5 nitrogen and oxygen atoms in total. The molecule has 0 bridgehead atoms. The summed E-state index contributed by atoms with van der Waals surface area (Å²) in [6, 6.07) is 8.46. The number of hydrogen-bond acceptors (Lipinski definition) is 3. The van der Waals surface area contributed by atoms with Gasteiger partial charge in [-0.15, -0.1) is 0 Å². The summed E-state index contributed by atoms with van der Waals surface area (Å²) in [7, 11) is 1.95. The summed E-state index contributed by atoms with van der Waals surface area (Å²) in [5.41, 5.74) is 4.76. The molecule has 1 aromatic carbocycles. The first kappa shape index (κ1) is 14.6. The summed E-state index contributed by atoms with van der Waals surface area (Å²) >= 11 is -2.36. The van der Waals surface area contributed by atoms with E-state index in [1.165, 1.54) is 16.7 Å². The van der Waals surface area contributed by atoms with E-state index in [9.17, 15) is 0 Å². The first-order chi connectivity index (χ1) is 8.40. The fourth-order valence-corrected chi connectivity index (χ4v) is 1.60. The van der Waals surface area contributed by atoms with Crippen LogP contribution in [0.1, 0.15) is 11.1 Å². The van der Waals surface area contributed by atoms with Gasteiger partial charge in [0.15, 0.2) is 0 Å². The minimum absolute atomic E-state index is 1.08. The standard InChI is InChI=1S/C12H14N2.H3NO2S/c1-9-4-6-11(7-5-9)12-10(2)8-14(3)13-12;1-4(2)3/h4-8H,1-3H3;1H2,(H,2,3)/p-1. The van der Waals surface area contributed by atoms with Crippen LogP contribution in [0.3, 0.4) is 0 Å². The van der Waals surface area contributed by atoms with Crippen molar-refractivity contribution in [2.75, 3.05) is 0 Å². The molecule has 0 radical (unpaired) electrons. The van der Waals surface area contributed by atoms with Gasteiger partial charge in [0.25, 0.3) is 0 Å². The van der Waals surface area contributed by atoms with E-state index in [2.05, 4.69) is 48.4 Å². The molecule has 1 aromatic heterocycles. The maximum absolute atomic E-state index is 8.78. The van der Waals surface area contributed by atoms with Crippen molar-refractivity contribution in [1.82, 2.24) is 9.78 Å². The largest absolute Gasteiger partial charge is 0.760 e. The van der Waals surface area contributed by atoms with E-state index in [1.54, 1.807) is 0 Å². The third kappa shape index (κ3) is 4.40. The lowest BCUT2D eigenvalue weighted by molar-refractivity contribution is 0.539. The van der Waals surface area contributed by atoms with Gasteiger partial charge in [-0.2, -0.15) is 5.10 Å². The van der Waals surface area contributed by atoms with E-state index in [1.807, 2.05) is 17.9 Å². The molecule has 0 fully saturated rings. The summed E-state index contributed by atoms with van der Waals surface area (Å²) in [4.78, 5) is 0. The highest BCUT2D eigenvalue weighted by atomic mass is 32.2. The van der Waals surface area contributed by atoms with Crippen LogP contribution in [0.5, 0.6) is 0 Å². The molecule has 0 aliphatic rings. The van der Waals surface area contributed by atoms with Crippen LogP contribution >= 0.6 is 0 Å². The van der Waals surface area contributed by atoms with Crippen LogP contribution in [0.2, 0.25) is 0 Å². The minimum atomic E-state index is -2.36. The van der Waals surface area contributed by atoms with Crippen molar-refractivity contribution < 1.29 is 8.76 Å². The number of nitrogens with zero attached hydrogens (tertiary/aromatic N) is 2. The molecule has 0 aliphatic carbocycles. The Kier molecular flexibility index (Phi) is 5.21. The van der Waals surface area contributed by atoms with Crippen LogP contribution < -0.4 is 5.14 Å². The van der Waals surface area contributed by atoms with E-state index in [0.29, 0.717) is 0 Å². The molecule has 0 saturated heterocycles. The lowest BCUT2D eigenvalue weighted by Crippen LogP contribution is -1.97. The lowest BCUT2D eigenvalue weighted by atomic mass is 10.1. The summed E-state index contributed by atoms with van der Waals surface area (Å²) in [6.45, 7) is 4.18. The maximum atomic E-state index is 8.78. The van der Waals surface area contributed by atoms with Gasteiger partial charge in [-0.25, -0.2) is 0 Å². The van der Waals surface area contributed by atoms with Crippen LogP contribution in [0.15, 0.2) is 30.5 Å². The zero-order valence-electron chi connectivity index (χ0n) is 10.6. The number of aryl methyl sites for hydroxylation is 3. The topological polar surface area (TPSA) is 84.0 Å². The molecular weight excluding hydrogens is 250 g/mol. The molecule has 2 aromatic rings. The van der Waals surface area contributed by atoms with Gasteiger partial charge < -0.3 is 4.55 Å². The van der Waals surface area contributed by atoms with Crippen LogP contribution in [0.4, 0.5) is 0 Å². The van der Waals surface area contributed by atoms with Crippen molar-refractivity contribution in [3.05, 3.63) is 41.6 Å². The number of rotatable bonds is 1. The molecule has 2 N–H and O–H groups in total. The second kappa shape index (κ2) is 6.44. The molecule has 1 unspecified atom stereocenters. The van der Waals surface area contributed by atoms with E-state index in [0.717, 1.165) is 5.69 Å². The Labute approximate surface area is 109 Å². The van der Waals surface area contributed by atoms with Crippen LogP contribution in [-0.4, -0.2) is 18.5 Å². The average Bonchev–Trinajstić information content (AvgIpc) is 2.58. The Bertz CT molecular complexity index is 531. The highest BCUT2D eigenvalue weighted by Crippen LogP contribution is 2.21. The molecule has 1 heterocycles. The Hall–Kier alpha value is -1.50.